The van der Waals surface area contributed by atoms with Crippen LogP contribution in [0.4, 0.5) is 4.39 Å². The third kappa shape index (κ3) is 3.72. The summed E-state index contributed by atoms with van der Waals surface area (Å²) >= 11 is 0. The van der Waals surface area contributed by atoms with Crippen LogP contribution in [0.15, 0.2) is 29.2 Å². The maximum atomic E-state index is 13.2. The van der Waals surface area contributed by atoms with Gasteiger partial charge in [0, 0.05) is 25.0 Å². The SMILES string of the molecule is O=C(C1CCC1)N1CCCC(NS(=O)(=O)c2cccc(F)c2)C1. The molecule has 1 aliphatic carbocycles. The normalized spacial score (nSPS) is 22.7. The van der Waals surface area contributed by atoms with E-state index in [4.69, 9.17) is 0 Å². The molecule has 2 fully saturated rings. The van der Waals surface area contributed by atoms with Crippen LogP contribution < -0.4 is 4.72 Å². The summed E-state index contributed by atoms with van der Waals surface area (Å²) < 4.78 is 40.5. The van der Waals surface area contributed by atoms with E-state index < -0.39 is 15.8 Å². The maximum absolute atomic E-state index is 13.2. The lowest BCUT2D eigenvalue weighted by Gasteiger charge is -2.37. The second-order valence-electron chi connectivity index (χ2n) is 6.33. The molecule has 1 N–H and O–H groups in total. The Morgan fingerprint density at radius 2 is 2.00 bits per heavy atom. The number of hydrogen-bond acceptors (Lipinski definition) is 3. The number of carbonyl (C=O) groups is 1. The standard InChI is InChI=1S/C16H21FN2O3S/c17-13-6-2-8-15(10-13)23(21,22)18-14-7-3-9-19(11-14)16(20)12-4-1-5-12/h2,6,8,10,12,14,18H,1,3-5,7,9,11H2. The molecule has 1 aromatic carbocycles. The Morgan fingerprint density at radius 3 is 2.65 bits per heavy atom. The van der Waals surface area contributed by atoms with Gasteiger partial charge in [-0.3, -0.25) is 4.79 Å². The molecular weight excluding hydrogens is 319 g/mol. The quantitative estimate of drug-likeness (QED) is 0.910. The van der Waals surface area contributed by atoms with Gasteiger partial charge in [0.15, 0.2) is 0 Å². The van der Waals surface area contributed by atoms with Gasteiger partial charge in [-0.2, -0.15) is 0 Å². The zero-order valence-electron chi connectivity index (χ0n) is 12.9. The minimum Gasteiger partial charge on any atom is -0.341 e. The Morgan fingerprint density at radius 1 is 1.22 bits per heavy atom. The molecule has 1 atom stereocenters. The number of amides is 1. The van der Waals surface area contributed by atoms with Gasteiger partial charge in [0.25, 0.3) is 0 Å². The number of likely N-dealkylation sites (tertiary alicyclic amines) is 1. The van der Waals surface area contributed by atoms with Crippen molar-refractivity contribution in [2.45, 2.75) is 43.0 Å². The van der Waals surface area contributed by atoms with Gasteiger partial charge in [-0.15, -0.1) is 0 Å². The lowest BCUT2D eigenvalue weighted by atomic mass is 9.84. The van der Waals surface area contributed by atoms with Gasteiger partial charge < -0.3 is 4.90 Å². The van der Waals surface area contributed by atoms with Gasteiger partial charge >= 0.3 is 0 Å². The Balaban J connectivity index is 1.66. The number of sulfonamides is 1. The topological polar surface area (TPSA) is 66.5 Å². The summed E-state index contributed by atoms with van der Waals surface area (Å²) in [5.41, 5.74) is 0. The largest absolute Gasteiger partial charge is 0.341 e. The molecule has 1 saturated carbocycles. The van der Waals surface area contributed by atoms with Crippen molar-refractivity contribution >= 4 is 15.9 Å². The number of carbonyl (C=O) groups excluding carboxylic acids is 1. The van der Waals surface area contributed by atoms with Crippen LogP contribution >= 0.6 is 0 Å². The summed E-state index contributed by atoms with van der Waals surface area (Å²) in [7, 11) is -3.77. The highest BCUT2D eigenvalue weighted by Crippen LogP contribution is 2.29. The highest BCUT2D eigenvalue weighted by Gasteiger charge is 2.33. The molecule has 1 unspecified atom stereocenters. The molecule has 0 aromatic heterocycles. The lowest BCUT2D eigenvalue weighted by molar-refractivity contribution is -0.139. The average Bonchev–Trinajstić information content (AvgIpc) is 2.45. The summed E-state index contributed by atoms with van der Waals surface area (Å²) in [6, 6.07) is 4.63. The maximum Gasteiger partial charge on any atom is 0.240 e. The van der Waals surface area contributed by atoms with E-state index in [-0.39, 0.29) is 22.8 Å². The first-order valence-electron chi connectivity index (χ1n) is 8.02. The van der Waals surface area contributed by atoms with Crippen molar-refractivity contribution in [1.29, 1.82) is 0 Å². The van der Waals surface area contributed by atoms with Crippen molar-refractivity contribution in [1.82, 2.24) is 9.62 Å². The third-order valence-electron chi connectivity index (χ3n) is 4.62. The van der Waals surface area contributed by atoms with Crippen molar-refractivity contribution in [3.8, 4) is 0 Å². The average molecular weight is 340 g/mol. The summed E-state index contributed by atoms with van der Waals surface area (Å²) in [6.07, 6.45) is 4.43. The zero-order chi connectivity index (χ0) is 16.4. The van der Waals surface area contributed by atoms with E-state index in [0.29, 0.717) is 19.5 Å². The van der Waals surface area contributed by atoms with Crippen molar-refractivity contribution in [3.05, 3.63) is 30.1 Å². The summed E-state index contributed by atoms with van der Waals surface area (Å²) in [5.74, 6) is -0.321. The second-order valence-corrected chi connectivity index (χ2v) is 8.04. The molecule has 0 radical (unpaired) electrons. The Kier molecular flexibility index (Phi) is 4.68. The summed E-state index contributed by atoms with van der Waals surface area (Å²) in [5, 5.41) is 0. The number of halogens is 1. The predicted molar refractivity (Wildman–Crippen MR) is 83.7 cm³/mol. The van der Waals surface area contributed by atoms with Crippen LogP contribution in [0.25, 0.3) is 0 Å². The van der Waals surface area contributed by atoms with Gasteiger partial charge in [0.05, 0.1) is 4.90 Å². The first-order chi connectivity index (χ1) is 11.0. The monoisotopic (exact) mass is 340 g/mol. The molecule has 126 valence electrons. The van der Waals surface area contributed by atoms with Crippen molar-refractivity contribution in [2.75, 3.05) is 13.1 Å². The highest BCUT2D eigenvalue weighted by atomic mass is 32.2. The molecule has 0 bridgehead atoms. The molecule has 1 aliphatic heterocycles. The van der Waals surface area contributed by atoms with Gasteiger partial charge in [-0.1, -0.05) is 12.5 Å². The molecule has 1 aromatic rings. The Bertz CT molecular complexity index is 688. The Hall–Kier alpha value is -1.47. The zero-order valence-corrected chi connectivity index (χ0v) is 13.7. The number of nitrogens with zero attached hydrogens (tertiary/aromatic N) is 1. The number of nitrogens with one attached hydrogen (secondary N) is 1. The molecule has 1 saturated heterocycles. The number of piperidine rings is 1. The third-order valence-corrected chi connectivity index (χ3v) is 6.13. The van der Waals surface area contributed by atoms with Crippen LogP contribution in [0, 0.1) is 11.7 Å². The predicted octanol–water partition coefficient (Wildman–Crippen LogP) is 1.90. The number of rotatable bonds is 4. The Labute approximate surface area is 135 Å². The van der Waals surface area contributed by atoms with Crippen molar-refractivity contribution < 1.29 is 17.6 Å². The molecular formula is C16H21FN2O3S. The molecule has 1 heterocycles. The summed E-state index contributed by atoms with van der Waals surface area (Å²) in [4.78, 5) is 14.0. The van der Waals surface area contributed by atoms with E-state index in [1.165, 1.54) is 18.2 Å². The second kappa shape index (κ2) is 6.57. The summed E-state index contributed by atoms with van der Waals surface area (Å²) in [6.45, 7) is 1.08. The van der Waals surface area contributed by atoms with Gasteiger partial charge in [0.1, 0.15) is 5.82 Å². The van der Waals surface area contributed by atoms with E-state index in [1.54, 1.807) is 4.90 Å². The molecule has 5 nitrogen and oxygen atoms in total. The first kappa shape index (κ1) is 16.4. The number of hydrogen-bond donors (Lipinski definition) is 1. The molecule has 23 heavy (non-hydrogen) atoms. The van der Waals surface area contributed by atoms with Crippen LogP contribution in [-0.2, 0) is 14.8 Å². The minimum absolute atomic E-state index is 0.0834. The van der Waals surface area contributed by atoms with E-state index in [0.717, 1.165) is 31.7 Å². The van der Waals surface area contributed by atoms with Crippen LogP contribution in [0.1, 0.15) is 32.1 Å². The van der Waals surface area contributed by atoms with Gasteiger partial charge in [-0.05, 0) is 43.9 Å². The fraction of sp³-hybridized carbons (Fsp3) is 0.562. The molecule has 7 heteroatoms. The van der Waals surface area contributed by atoms with Gasteiger partial charge in [-0.25, -0.2) is 17.5 Å². The fourth-order valence-corrected chi connectivity index (χ4v) is 4.40. The smallest absolute Gasteiger partial charge is 0.240 e. The van der Waals surface area contributed by atoms with Crippen LogP contribution in [-0.4, -0.2) is 38.4 Å². The molecule has 0 spiro atoms. The van der Waals surface area contributed by atoms with Crippen molar-refractivity contribution in [3.63, 3.8) is 0 Å². The molecule has 2 aliphatic rings. The minimum atomic E-state index is -3.77. The van der Waals surface area contributed by atoms with E-state index in [9.17, 15) is 17.6 Å². The van der Waals surface area contributed by atoms with E-state index >= 15 is 0 Å². The van der Waals surface area contributed by atoms with E-state index in [2.05, 4.69) is 4.72 Å². The fourth-order valence-electron chi connectivity index (χ4n) is 3.11. The van der Waals surface area contributed by atoms with Crippen molar-refractivity contribution in [2.24, 2.45) is 5.92 Å². The van der Waals surface area contributed by atoms with E-state index in [1.807, 2.05) is 0 Å². The lowest BCUT2D eigenvalue weighted by Crippen LogP contribution is -2.51. The molecule has 1 amide bonds. The van der Waals surface area contributed by atoms with Gasteiger partial charge in [0.2, 0.25) is 15.9 Å². The first-order valence-corrected chi connectivity index (χ1v) is 9.51. The molecule has 3 rings (SSSR count). The van der Waals surface area contributed by atoms with Crippen LogP contribution in [0.2, 0.25) is 0 Å². The van der Waals surface area contributed by atoms with Crippen LogP contribution in [0.3, 0.4) is 0 Å². The van der Waals surface area contributed by atoms with Crippen LogP contribution in [0.5, 0.6) is 0 Å². The number of benzene rings is 1. The highest BCUT2D eigenvalue weighted by molar-refractivity contribution is 7.89.